The third kappa shape index (κ3) is 3.72. The van der Waals surface area contributed by atoms with Crippen LogP contribution in [-0.2, 0) is 13.0 Å². The highest BCUT2D eigenvalue weighted by Gasteiger charge is 2.17. The average molecular weight is 397 g/mol. The Labute approximate surface area is 161 Å². The van der Waals surface area contributed by atoms with Crippen molar-refractivity contribution in [2.24, 2.45) is 0 Å². The van der Waals surface area contributed by atoms with Crippen molar-refractivity contribution in [2.45, 2.75) is 13.0 Å². The van der Waals surface area contributed by atoms with E-state index in [2.05, 4.69) is 20.6 Å². The highest BCUT2D eigenvalue weighted by atomic mass is 35.5. The van der Waals surface area contributed by atoms with E-state index in [9.17, 15) is 9.59 Å². The summed E-state index contributed by atoms with van der Waals surface area (Å²) in [5.74, 6) is 0.469. The van der Waals surface area contributed by atoms with E-state index in [1.54, 1.807) is 30.6 Å². The maximum atomic E-state index is 12.4. The largest absolute Gasteiger partial charge is 0.333 e. The molecule has 0 aromatic carbocycles. The van der Waals surface area contributed by atoms with Gasteiger partial charge in [0, 0.05) is 38.4 Å². The van der Waals surface area contributed by atoms with Gasteiger partial charge in [-0.3, -0.25) is 14.0 Å². The second kappa shape index (κ2) is 8.31. The number of carbonyl (C=O) groups excluding carboxylic acids is 1. The summed E-state index contributed by atoms with van der Waals surface area (Å²) in [5.41, 5.74) is 0.652. The molecule has 10 heteroatoms. The fourth-order valence-electron chi connectivity index (χ4n) is 2.78. The van der Waals surface area contributed by atoms with E-state index in [4.69, 9.17) is 0 Å². The number of hydrogen-bond donors (Lipinski definition) is 2. The van der Waals surface area contributed by atoms with Gasteiger partial charge in [0.25, 0.3) is 11.5 Å². The Morgan fingerprint density at radius 1 is 1.23 bits per heavy atom. The SMILES string of the molecule is Cl.Cl.O=C(Nc1cnc2ccccn2c1=O)c1cn2c(n1)CCNCC2. The average Bonchev–Trinajstić information content (AvgIpc) is 2.88. The zero-order chi connectivity index (χ0) is 16.5. The first-order valence-corrected chi connectivity index (χ1v) is 7.77. The Morgan fingerprint density at radius 3 is 2.92 bits per heavy atom. The van der Waals surface area contributed by atoms with Gasteiger partial charge in [0.2, 0.25) is 0 Å². The van der Waals surface area contributed by atoms with Crippen molar-refractivity contribution in [3.05, 3.63) is 58.7 Å². The van der Waals surface area contributed by atoms with Gasteiger partial charge in [-0.2, -0.15) is 0 Å². The van der Waals surface area contributed by atoms with Crippen LogP contribution in [0.15, 0.2) is 41.6 Å². The Bertz CT molecular complexity index is 961. The smallest absolute Gasteiger partial charge is 0.281 e. The molecule has 0 bridgehead atoms. The second-order valence-electron chi connectivity index (χ2n) is 5.60. The van der Waals surface area contributed by atoms with E-state index in [0.29, 0.717) is 11.3 Å². The van der Waals surface area contributed by atoms with Gasteiger partial charge in [-0.15, -0.1) is 24.8 Å². The lowest BCUT2D eigenvalue weighted by Gasteiger charge is -2.04. The van der Waals surface area contributed by atoms with Crippen LogP contribution in [0, 0.1) is 0 Å². The van der Waals surface area contributed by atoms with Gasteiger partial charge in [0.05, 0.1) is 6.20 Å². The van der Waals surface area contributed by atoms with Gasteiger partial charge in [-0.25, -0.2) is 9.97 Å². The topological polar surface area (TPSA) is 93.3 Å². The third-order valence-corrected chi connectivity index (χ3v) is 4.01. The maximum absolute atomic E-state index is 12.4. The fourth-order valence-corrected chi connectivity index (χ4v) is 2.78. The Kier molecular flexibility index (Phi) is 6.36. The summed E-state index contributed by atoms with van der Waals surface area (Å²) in [4.78, 5) is 33.4. The fraction of sp³-hybridized carbons (Fsp3) is 0.250. The number of anilines is 1. The van der Waals surface area contributed by atoms with Crippen LogP contribution in [0.2, 0.25) is 0 Å². The Balaban J connectivity index is 0.00000121. The monoisotopic (exact) mass is 396 g/mol. The molecular formula is C16H18Cl2N6O2. The molecule has 8 nitrogen and oxygen atoms in total. The molecule has 2 N–H and O–H groups in total. The van der Waals surface area contributed by atoms with Crippen molar-refractivity contribution in [3.8, 4) is 0 Å². The summed E-state index contributed by atoms with van der Waals surface area (Å²) < 4.78 is 3.37. The molecule has 0 atom stereocenters. The van der Waals surface area contributed by atoms with Crippen molar-refractivity contribution < 1.29 is 4.79 Å². The minimum atomic E-state index is -0.404. The first-order valence-electron chi connectivity index (χ1n) is 7.77. The van der Waals surface area contributed by atoms with Gasteiger partial charge in [-0.05, 0) is 12.1 Å². The lowest BCUT2D eigenvalue weighted by molar-refractivity contribution is 0.102. The molecule has 0 unspecified atom stereocenters. The van der Waals surface area contributed by atoms with E-state index in [-0.39, 0.29) is 36.1 Å². The maximum Gasteiger partial charge on any atom is 0.281 e. The standard InChI is InChI=1S/C16H16N6O2.2ClH/c23-15(12-10-21-8-6-17-5-4-14(21)19-12)20-11-9-18-13-3-1-2-7-22(13)16(11)24;;/h1-3,7,9-10,17H,4-6,8H2,(H,20,23);2*1H. The highest BCUT2D eigenvalue weighted by Crippen LogP contribution is 2.09. The number of nitrogens with one attached hydrogen (secondary N) is 2. The molecular weight excluding hydrogens is 379 g/mol. The van der Waals surface area contributed by atoms with Crippen molar-refractivity contribution in [3.63, 3.8) is 0 Å². The molecule has 4 heterocycles. The number of aromatic nitrogens is 4. The van der Waals surface area contributed by atoms with Crippen LogP contribution in [0.3, 0.4) is 0 Å². The van der Waals surface area contributed by atoms with Crippen LogP contribution in [0.5, 0.6) is 0 Å². The normalized spacial score (nSPS) is 13.1. The van der Waals surface area contributed by atoms with Gasteiger partial charge < -0.3 is 15.2 Å². The summed E-state index contributed by atoms with van der Waals surface area (Å²) in [6.45, 7) is 2.46. The number of hydrogen-bond acceptors (Lipinski definition) is 5. The number of imidazole rings is 1. The molecule has 3 aromatic rings. The number of rotatable bonds is 2. The first-order chi connectivity index (χ1) is 11.7. The first kappa shape index (κ1) is 19.9. The third-order valence-electron chi connectivity index (χ3n) is 4.01. The zero-order valence-electron chi connectivity index (χ0n) is 13.7. The molecule has 0 saturated heterocycles. The van der Waals surface area contributed by atoms with Crippen LogP contribution in [0.4, 0.5) is 5.69 Å². The van der Waals surface area contributed by atoms with E-state index < -0.39 is 5.91 Å². The molecule has 3 aromatic heterocycles. The molecule has 4 rings (SSSR count). The number of carbonyl (C=O) groups is 1. The predicted octanol–water partition coefficient (Wildman–Crippen LogP) is 1.13. The van der Waals surface area contributed by atoms with Crippen LogP contribution >= 0.6 is 24.8 Å². The van der Waals surface area contributed by atoms with Crippen LogP contribution < -0.4 is 16.2 Å². The molecule has 138 valence electrons. The van der Waals surface area contributed by atoms with Crippen molar-refractivity contribution in [2.75, 3.05) is 18.4 Å². The molecule has 0 saturated carbocycles. The van der Waals surface area contributed by atoms with Crippen LogP contribution in [0.25, 0.3) is 5.65 Å². The minimum Gasteiger partial charge on any atom is -0.333 e. The number of amides is 1. The summed E-state index contributed by atoms with van der Waals surface area (Å²) >= 11 is 0. The van der Waals surface area contributed by atoms with E-state index in [1.165, 1.54) is 10.6 Å². The lowest BCUT2D eigenvalue weighted by Crippen LogP contribution is -2.23. The highest BCUT2D eigenvalue weighted by molar-refractivity contribution is 6.02. The quantitative estimate of drug-likeness (QED) is 0.677. The van der Waals surface area contributed by atoms with E-state index in [1.807, 2.05) is 4.57 Å². The number of nitrogens with zero attached hydrogens (tertiary/aromatic N) is 4. The minimum absolute atomic E-state index is 0. The molecule has 0 fully saturated rings. The summed E-state index contributed by atoms with van der Waals surface area (Å²) in [6, 6.07) is 5.27. The number of pyridine rings is 1. The van der Waals surface area contributed by atoms with Gasteiger partial charge in [0.1, 0.15) is 22.9 Å². The van der Waals surface area contributed by atoms with E-state index >= 15 is 0 Å². The molecule has 0 spiro atoms. The van der Waals surface area contributed by atoms with Crippen LogP contribution in [-0.4, -0.2) is 37.9 Å². The summed E-state index contributed by atoms with van der Waals surface area (Å²) in [5, 5.41) is 5.90. The molecule has 26 heavy (non-hydrogen) atoms. The van der Waals surface area contributed by atoms with E-state index in [0.717, 1.165) is 31.9 Å². The van der Waals surface area contributed by atoms with Gasteiger partial charge in [0.15, 0.2) is 0 Å². The van der Waals surface area contributed by atoms with Crippen molar-refractivity contribution in [1.29, 1.82) is 0 Å². The number of fused-ring (bicyclic) bond motifs is 2. The lowest BCUT2D eigenvalue weighted by atomic mass is 10.4. The summed E-state index contributed by atoms with van der Waals surface area (Å²) in [7, 11) is 0. The van der Waals surface area contributed by atoms with Crippen molar-refractivity contribution in [1.82, 2.24) is 24.3 Å². The number of halogens is 2. The Hall–Kier alpha value is -2.42. The van der Waals surface area contributed by atoms with Crippen LogP contribution in [0.1, 0.15) is 16.3 Å². The summed E-state index contributed by atoms with van der Waals surface area (Å²) in [6.07, 6.45) is 5.49. The Morgan fingerprint density at radius 2 is 2.08 bits per heavy atom. The van der Waals surface area contributed by atoms with Gasteiger partial charge >= 0.3 is 0 Å². The zero-order valence-corrected chi connectivity index (χ0v) is 15.3. The molecule has 1 aliphatic heterocycles. The second-order valence-corrected chi connectivity index (χ2v) is 5.60. The molecule has 0 radical (unpaired) electrons. The van der Waals surface area contributed by atoms with Gasteiger partial charge in [-0.1, -0.05) is 6.07 Å². The molecule has 0 aliphatic carbocycles. The van der Waals surface area contributed by atoms with Crippen molar-refractivity contribution >= 4 is 42.1 Å². The predicted molar refractivity (Wildman–Crippen MR) is 103 cm³/mol. The molecule has 1 aliphatic rings. The molecule has 1 amide bonds.